The summed E-state index contributed by atoms with van der Waals surface area (Å²) in [7, 11) is 0. The van der Waals surface area contributed by atoms with Gasteiger partial charge < -0.3 is 10.5 Å². The molecule has 0 bridgehead atoms. The van der Waals surface area contributed by atoms with Crippen molar-refractivity contribution in [1.29, 1.82) is 0 Å². The molecule has 2 N–H and O–H groups in total. The van der Waals surface area contributed by atoms with Crippen LogP contribution in [0.2, 0.25) is 0 Å². The Morgan fingerprint density at radius 1 is 1.22 bits per heavy atom. The number of nitrogens with two attached hydrogens (primary N) is 1. The average Bonchev–Trinajstić information content (AvgIpc) is 2.61. The third-order valence-corrected chi connectivity index (χ3v) is 4.66. The number of halogens is 1. The summed E-state index contributed by atoms with van der Waals surface area (Å²) in [6.07, 6.45) is 0.611. The molecule has 6 nitrogen and oxygen atoms in total. The highest BCUT2D eigenvalue weighted by molar-refractivity contribution is 5.84. The summed E-state index contributed by atoms with van der Waals surface area (Å²) in [5.41, 5.74) is 8.32. The predicted octanol–water partition coefficient (Wildman–Crippen LogP) is 2.96. The van der Waals surface area contributed by atoms with Crippen LogP contribution in [0.25, 0.3) is 22.3 Å². The highest BCUT2D eigenvalue weighted by Gasteiger charge is 2.23. The van der Waals surface area contributed by atoms with Gasteiger partial charge in [0.05, 0.1) is 22.7 Å². The summed E-state index contributed by atoms with van der Waals surface area (Å²) in [4.78, 5) is 22.3. The van der Waals surface area contributed by atoms with Crippen molar-refractivity contribution in [2.45, 2.75) is 45.9 Å². The number of benzene rings is 1. The molecule has 3 aromatic rings. The first-order valence-corrected chi connectivity index (χ1v) is 9.01. The van der Waals surface area contributed by atoms with Gasteiger partial charge in [0, 0.05) is 30.6 Å². The highest BCUT2D eigenvalue weighted by Crippen LogP contribution is 2.30. The highest BCUT2D eigenvalue weighted by atomic mass is 19.1. The lowest BCUT2D eigenvalue weighted by Gasteiger charge is -2.22. The van der Waals surface area contributed by atoms with E-state index in [0.717, 1.165) is 11.3 Å². The second-order valence-corrected chi connectivity index (χ2v) is 7.13. The fourth-order valence-electron chi connectivity index (χ4n) is 3.48. The number of ether oxygens (including phenoxy) is 1. The minimum atomic E-state index is -0.484. The molecule has 0 saturated carbocycles. The van der Waals surface area contributed by atoms with Crippen LogP contribution in [-0.4, -0.2) is 20.6 Å². The number of nitrogens with zero attached hydrogens (tertiary/aromatic N) is 3. The fourth-order valence-corrected chi connectivity index (χ4v) is 3.48. The van der Waals surface area contributed by atoms with Gasteiger partial charge in [0.25, 0.3) is 5.56 Å². The minimum Gasteiger partial charge on any atom is -0.475 e. The van der Waals surface area contributed by atoms with E-state index in [2.05, 4.69) is 4.98 Å². The lowest BCUT2D eigenvalue weighted by atomic mass is 10.0. The minimum absolute atomic E-state index is 0.0274. The molecule has 0 saturated heterocycles. The van der Waals surface area contributed by atoms with Gasteiger partial charge in [-0.1, -0.05) is 0 Å². The van der Waals surface area contributed by atoms with Gasteiger partial charge >= 0.3 is 0 Å². The Kier molecular flexibility index (Phi) is 4.19. The van der Waals surface area contributed by atoms with Crippen LogP contribution in [0.15, 0.2) is 29.1 Å². The Morgan fingerprint density at radius 3 is 2.70 bits per heavy atom. The molecule has 0 fully saturated rings. The van der Waals surface area contributed by atoms with Gasteiger partial charge in [-0.3, -0.25) is 9.36 Å². The van der Waals surface area contributed by atoms with Crippen molar-refractivity contribution in [2.24, 2.45) is 5.73 Å². The second kappa shape index (κ2) is 6.42. The van der Waals surface area contributed by atoms with Gasteiger partial charge in [-0.15, -0.1) is 0 Å². The molecule has 1 aliphatic rings. The second-order valence-electron chi connectivity index (χ2n) is 7.13. The number of aromatic nitrogens is 3. The Bertz CT molecular complexity index is 1110. The molecule has 0 radical (unpaired) electrons. The van der Waals surface area contributed by atoms with Crippen molar-refractivity contribution in [3.05, 3.63) is 51.7 Å². The van der Waals surface area contributed by atoms with Crippen LogP contribution < -0.4 is 16.0 Å². The maximum absolute atomic E-state index is 14.0. The van der Waals surface area contributed by atoms with Crippen molar-refractivity contribution in [2.75, 3.05) is 0 Å². The monoisotopic (exact) mass is 368 g/mol. The summed E-state index contributed by atoms with van der Waals surface area (Å²) in [5.74, 6) is 0.604. The molecule has 3 heterocycles. The van der Waals surface area contributed by atoms with Gasteiger partial charge in [-0.05, 0) is 44.5 Å². The molecule has 0 spiro atoms. The molecule has 140 valence electrons. The smallest absolute Gasteiger partial charge is 0.261 e. The van der Waals surface area contributed by atoms with E-state index in [1.807, 2.05) is 19.9 Å². The largest absolute Gasteiger partial charge is 0.475 e. The van der Waals surface area contributed by atoms with Crippen LogP contribution >= 0.6 is 0 Å². The van der Waals surface area contributed by atoms with Crippen LogP contribution in [-0.2, 0) is 13.0 Å². The number of fused-ring (bicyclic) bond motifs is 4. The van der Waals surface area contributed by atoms with Gasteiger partial charge in [0.15, 0.2) is 0 Å². The molecular weight excluding hydrogens is 347 g/mol. The van der Waals surface area contributed by atoms with Crippen molar-refractivity contribution in [3.8, 4) is 17.3 Å². The quantitative estimate of drug-likeness (QED) is 0.768. The molecule has 1 aliphatic heterocycles. The predicted molar refractivity (Wildman–Crippen MR) is 101 cm³/mol. The lowest BCUT2D eigenvalue weighted by molar-refractivity contribution is 0.232. The van der Waals surface area contributed by atoms with Crippen LogP contribution in [0, 0.1) is 5.82 Å². The summed E-state index contributed by atoms with van der Waals surface area (Å²) in [5, 5.41) is 0.252. The maximum Gasteiger partial charge on any atom is 0.261 e. The third kappa shape index (κ3) is 2.98. The molecule has 27 heavy (non-hydrogen) atoms. The van der Waals surface area contributed by atoms with Gasteiger partial charge in [-0.2, -0.15) is 0 Å². The zero-order valence-electron chi connectivity index (χ0n) is 15.5. The van der Waals surface area contributed by atoms with E-state index in [0.29, 0.717) is 35.8 Å². The third-order valence-electron chi connectivity index (χ3n) is 4.66. The zero-order valence-corrected chi connectivity index (χ0v) is 15.5. The zero-order chi connectivity index (χ0) is 19.3. The number of aryl methyl sites for hydroxylation is 1. The van der Waals surface area contributed by atoms with Crippen LogP contribution in [0.3, 0.4) is 0 Å². The summed E-state index contributed by atoms with van der Waals surface area (Å²) in [6.45, 7) is 6.07. The first-order valence-electron chi connectivity index (χ1n) is 9.01. The average molecular weight is 368 g/mol. The molecule has 4 rings (SSSR count). The van der Waals surface area contributed by atoms with E-state index in [-0.39, 0.29) is 17.0 Å². The number of rotatable bonds is 3. The van der Waals surface area contributed by atoms with Gasteiger partial charge in [0.2, 0.25) is 5.88 Å². The molecular formula is C20H21FN4O2. The van der Waals surface area contributed by atoms with E-state index < -0.39 is 11.9 Å². The number of pyridine rings is 1. The molecule has 2 aromatic heterocycles. The van der Waals surface area contributed by atoms with Crippen molar-refractivity contribution in [1.82, 2.24) is 14.5 Å². The lowest BCUT2D eigenvalue weighted by Crippen LogP contribution is -2.28. The van der Waals surface area contributed by atoms with Crippen LogP contribution in [0.4, 0.5) is 4.39 Å². The molecule has 0 unspecified atom stereocenters. The first-order chi connectivity index (χ1) is 12.8. The maximum atomic E-state index is 14.0. The van der Waals surface area contributed by atoms with Crippen LogP contribution in [0.1, 0.15) is 38.1 Å². The van der Waals surface area contributed by atoms with Crippen molar-refractivity contribution < 1.29 is 9.13 Å². The SMILES string of the molecule is CC(C)Oc1ccc2c(n1)CCn1c-2nc2c([C@@H](C)N)cc(F)cc2c1=O. The molecule has 7 heteroatoms. The molecule has 0 aliphatic carbocycles. The summed E-state index contributed by atoms with van der Waals surface area (Å²) >= 11 is 0. The van der Waals surface area contributed by atoms with Gasteiger partial charge in [-0.25, -0.2) is 14.4 Å². The number of hydrogen-bond acceptors (Lipinski definition) is 5. The standard InChI is InChI=1S/C20H21FN4O2/c1-10(2)27-17-5-4-13-16(23-17)6-7-25-19(13)24-18-14(11(3)22)8-12(21)9-15(18)20(25)26/h4-5,8-11H,6-7,22H2,1-3H3/t11-/m1/s1. The van der Waals surface area contributed by atoms with Gasteiger partial charge in [0.1, 0.15) is 11.6 Å². The topological polar surface area (TPSA) is 83.0 Å². The molecule has 0 amide bonds. The Hall–Kier alpha value is -2.80. The van der Waals surface area contributed by atoms with Crippen molar-refractivity contribution >= 4 is 10.9 Å². The summed E-state index contributed by atoms with van der Waals surface area (Å²) < 4.78 is 21.3. The van der Waals surface area contributed by atoms with E-state index in [1.54, 1.807) is 17.6 Å². The fraction of sp³-hybridized carbons (Fsp3) is 0.350. The molecule has 1 atom stereocenters. The van der Waals surface area contributed by atoms with E-state index >= 15 is 0 Å². The first kappa shape index (κ1) is 17.6. The summed E-state index contributed by atoms with van der Waals surface area (Å²) in [6, 6.07) is 5.79. The van der Waals surface area contributed by atoms with Crippen LogP contribution in [0.5, 0.6) is 5.88 Å². The Balaban J connectivity index is 1.96. The van der Waals surface area contributed by atoms with Crippen molar-refractivity contribution in [3.63, 3.8) is 0 Å². The Labute approximate surface area is 155 Å². The number of hydrogen-bond donors (Lipinski definition) is 1. The van der Waals surface area contributed by atoms with E-state index in [1.165, 1.54) is 12.1 Å². The Morgan fingerprint density at radius 2 is 2.00 bits per heavy atom. The van der Waals surface area contributed by atoms with E-state index in [9.17, 15) is 9.18 Å². The normalized spacial score (nSPS) is 14.1. The molecule has 1 aromatic carbocycles. The van der Waals surface area contributed by atoms with E-state index in [4.69, 9.17) is 15.5 Å².